The average molecular weight is 299 g/mol. The van der Waals surface area contributed by atoms with E-state index in [1.165, 1.54) is 7.05 Å². The van der Waals surface area contributed by atoms with E-state index in [1.54, 1.807) is 54.6 Å². The lowest BCUT2D eigenvalue weighted by molar-refractivity contribution is -0.122. The van der Waals surface area contributed by atoms with Crippen molar-refractivity contribution in [2.24, 2.45) is 0 Å². The molecule has 0 aliphatic rings. The molecule has 0 fully saturated rings. The molecule has 0 unspecified atom stereocenters. The molecular formula is C16H13NO3S. The molecular weight excluding hydrogens is 286 g/mol. The average Bonchev–Trinajstić information content (AvgIpc) is 2.54. The number of rotatable bonds is 3. The minimum Gasteiger partial charge on any atom is -0.283 e. The highest BCUT2D eigenvalue weighted by Crippen LogP contribution is 2.20. The fourth-order valence-corrected chi connectivity index (χ4v) is 2.32. The summed E-state index contributed by atoms with van der Waals surface area (Å²) in [6, 6.07) is 17.1. The minimum atomic E-state index is -0.838. The van der Waals surface area contributed by atoms with Gasteiger partial charge in [-0.2, -0.15) is 0 Å². The second kappa shape index (κ2) is 6.85. The lowest BCUT2D eigenvalue weighted by Crippen LogP contribution is -2.35. The summed E-state index contributed by atoms with van der Waals surface area (Å²) in [7, 11) is 1.31. The lowest BCUT2D eigenvalue weighted by atomic mass is 10.1. The van der Waals surface area contributed by atoms with Gasteiger partial charge in [0.2, 0.25) is 0 Å². The Hall–Kier alpha value is -2.40. The summed E-state index contributed by atoms with van der Waals surface area (Å²) in [5.74, 6) is -1.53. The van der Waals surface area contributed by atoms with Crippen molar-refractivity contribution in [1.29, 1.82) is 0 Å². The number of nitrogens with zero attached hydrogens (tertiary/aromatic N) is 1. The summed E-state index contributed by atoms with van der Waals surface area (Å²) < 4.78 is 0. The van der Waals surface area contributed by atoms with E-state index in [9.17, 15) is 14.4 Å². The molecule has 4 nitrogen and oxygen atoms in total. The van der Waals surface area contributed by atoms with Crippen molar-refractivity contribution in [1.82, 2.24) is 4.90 Å². The predicted molar refractivity (Wildman–Crippen MR) is 81.2 cm³/mol. The van der Waals surface area contributed by atoms with Crippen LogP contribution in [0.2, 0.25) is 0 Å². The third-order valence-electron chi connectivity index (χ3n) is 2.76. The molecule has 0 saturated heterocycles. The Bertz CT molecular complexity index is 656. The van der Waals surface area contributed by atoms with Crippen molar-refractivity contribution >= 4 is 28.7 Å². The van der Waals surface area contributed by atoms with Crippen LogP contribution in [-0.2, 0) is 4.79 Å². The maximum atomic E-state index is 12.0. The number of benzene rings is 2. The smallest absolute Gasteiger partial charge is 0.283 e. The molecule has 2 amide bonds. The van der Waals surface area contributed by atoms with E-state index in [0.29, 0.717) is 4.90 Å². The standard InChI is InChI=1S/C16H13NO3S/c1-17(16(20)21-13-10-6-3-7-11-13)15(19)14(18)12-8-4-2-5-9-12/h2-11H,1H3. The van der Waals surface area contributed by atoms with Gasteiger partial charge in [-0.25, -0.2) is 0 Å². The predicted octanol–water partition coefficient (Wildman–Crippen LogP) is 3.24. The molecule has 0 spiro atoms. The summed E-state index contributed by atoms with van der Waals surface area (Å²) in [6.45, 7) is 0. The first-order valence-electron chi connectivity index (χ1n) is 6.24. The third kappa shape index (κ3) is 3.79. The van der Waals surface area contributed by atoms with E-state index >= 15 is 0 Å². The van der Waals surface area contributed by atoms with Crippen molar-refractivity contribution in [3.05, 3.63) is 66.2 Å². The highest BCUT2D eigenvalue weighted by atomic mass is 32.2. The Morgan fingerprint density at radius 1 is 0.857 bits per heavy atom. The van der Waals surface area contributed by atoms with Crippen LogP contribution in [0.5, 0.6) is 0 Å². The number of Topliss-reactive ketones (excluding diaryl/α,β-unsaturated/α-hetero) is 1. The van der Waals surface area contributed by atoms with E-state index in [2.05, 4.69) is 0 Å². The van der Waals surface area contributed by atoms with E-state index in [-0.39, 0.29) is 5.56 Å². The zero-order valence-electron chi connectivity index (χ0n) is 11.4. The summed E-state index contributed by atoms with van der Waals surface area (Å²) in [4.78, 5) is 37.6. The van der Waals surface area contributed by atoms with Crippen LogP contribution >= 0.6 is 11.8 Å². The number of thioether (sulfide) groups is 1. The van der Waals surface area contributed by atoms with E-state index in [0.717, 1.165) is 16.7 Å². The number of amides is 2. The van der Waals surface area contributed by atoms with Gasteiger partial charge >= 0.3 is 5.91 Å². The summed E-state index contributed by atoms with van der Waals surface area (Å²) in [6.07, 6.45) is 0. The lowest BCUT2D eigenvalue weighted by Gasteiger charge is -2.13. The monoisotopic (exact) mass is 299 g/mol. The quantitative estimate of drug-likeness (QED) is 0.496. The minimum absolute atomic E-state index is 0.270. The Balaban J connectivity index is 2.05. The zero-order chi connectivity index (χ0) is 15.2. The van der Waals surface area contributed by atoms with Crippen molar-refractivity contribution in [2.45, 2.75) is 4.90 Å². The fraction of sp³-hybridized carbons (Fsp3) is 0.0625. The molecule has 2 aromatic carbocycles. The maximum Gasteiger partial charge on any atom is 0.301 e. The van der Waals surface area contributed by atoms with Gasteiger partial charge in [0.25, 0.3) is 11.0 Å². The molecule has 0 saturated carbocycles. The van der Waals surface area contributed by atoms with Gasteiger partial charge in [-0.1, -0.05) is 48.5 Å². The Kier molecular flexibility index (Phi) is 4.90. The van der Waals surface area contributed by atoms with Crippen molar-refractivity contribution in [2.75, 3.05) is 7.05 Å². The number of carbonyl (C=O) groups excluding carboxylic acids is 3. The van der Waals surface area contributed by atoms with Crippen LogP contribution in [0.1, 0.15) is 10.4 Å². The SMILES string of the molecule is CN(C(=O)Sc1ccccc1)C(=O)C(=O)c1ccccc1. The van der Waals surface area contributed by atoms with Crippen LogP contribution < -0.4 is 0 Å². The normalized spacial score (nSPS) is 9.95. The van der Waals surface area contributed by atoms with E-state index in [4.69, 9.17) is 0 Å². The van der Waals surface area contributed by atoms with Gasteiger partial charge in [0.15, 0.2) is 0 Å². The van der Waals surface area contributed by atoms with Gasteiger partial charge in [-0.15, -0.1) is 0 Å². The van der Waals surface area contributed by atoms with Crippen LogP contribution in [0, 0.1) is 0 Å². The molecule has 2 rings (SSSR count). The first-order valence-corrected chi connectivity index (χ1v) is 7.05. The molecule has 0 N–H and O–H groups in total. The number of likely N-dealkylation sites (N-methyl/N-ethyl adjacent to an activating group) is 1. The summed E-state index contributed by atoms with van der Waals surface area (Å²) in [5.41, 5.74) is 0.270. The van der Waals surface area contributed by atoms with Gasteiger partial charge in [0.1, 0.15) is 0 Å². The molecule has 0 aliphatic carbocycles. The van der Waals surface area contributed by atoms with Crippen LogP contribution in [0.15, 0.2) is 65.6 Å². The largest absolute Gasteiger partial charge is 0.301 e. The molecule has 21 heavy (non-hydrogen) atoms. The van der Waals surface area contributed by atoms with Gasteiger partial charge < -0.3 is 0 Å². The molecule has 0 bridgehead atoms. The molecule has 106 valence electrons. The Labute approximate surface area is 126 Å². The number of hydrogen-bond donors (Lipinski definition) is 0. The molecule has 0 radical (unpaired) electrons. The van der Waals surface area contributed by atoms with Crippen LogP contribution in [0.4, 0.5) is 4.79 Å². The van der Waals surface area contributed by atoms with Crippen molar-refractivity contribution < 1.29 is 14.4 Å². The highest BCUT2D eigenvalue weighted by Gasteiger charge is 2.25. The molecule has 0 atom stereocenters. The summed E-state index contributed by atoms with van der Waals surface area (Å²) in [5, 5.41) is -0.490. The molecule has 0 aliphatic heterocycles. The zero-order valence-corrected chi connectivity index (χ0v) is 12.2. The molecule has 5 heteroatoms. The van der Waals surface area contributed by atoms with E-state index < -0.39 is 16.9 Å². The topological polar surface area (TPSA) is 54.5 Å². The number of hydrogen-bond acceptors (Lipinski definition) is 4. The first-order chi connectivity index (χ1) is 10.1. The highest BCUT2D eigenvalue weighted by molar-refractivity contribution is 8.13. The Morgan fingerprint density at radius 3 is 1.95 bits per heavy atom. The molecule has 0 aromatic heterocycles. The Morgan fingerprint density at radius 2 is 1.38 bits per heavy atom. The number of ketones is 1. The summed E-state index contributed by atoms with van der Waals surface area (Å²) >= 11 is 0.907. The van der Waals surface area contributed by atoms with E-state index in [1.807, 2.05) is 6.07 Å². The molecule has 0 heterocycles. The van der Waals surface area contributed by atoms with Crippen molar-refractivity contribution in [3.63, 3.8) is 0 Å². The number of carbonyl (C=O) groups is 3. The van der Waals surface area contributed by atoms with Crippen molar-refractivity contribution in [3.8, 4) is 0 Å². The van der Waals surface area contributed by atoms with Crippen LogP contribution in [0.3, 0.4) is 0 Å². The molecule has 2 aromatic rings. The van der Waals surface area contributed by atoms with Crippen LogP contribution in [-0.4, -0.2) is 28.9 Å². The maximum absolute atomic E-state index is 12.0. The second-order valence-electron chi connectivity index (χ2n) is 4.24. The number of imide groups is 1. The van der Waals surface area contributed by atoms with Gasteiger partial charge in [-0.3, -0.25) is 19.3 Å². The second-order valence-corrected chi connectivity index (χ2v) is 5.27. The first kappa shape index (κ1) is 15.0. The fourth-order valence-electron chi connectivity index (χ4n) is 1.61. The van der Waals surface area contributed by atoms with Gasteiger partial charge in [-0.05, 0) is 23.9 Å². The van der Waals surface area contributed by atoms with Crippen LogP contribution in [0.25, 0.3) is 0 Å². The van der Waals surface area contributed by atoms with Gasteiger partial charge in [0, 0.05) is 17.5 Å². The van der Waals surface area contributed by atoms with Gasteiger partial charge in [0.05, 0.1) is 0 Å². The third-order valence-corrected chi connectivity index (χ3v) is 3.71.